The molecule has 5 heteroatoms. The van der Waals surface area contributed by atoms with E-state index in [4.69, 9.17) is 0 Å². The Morgan fingerprint density at radius 1 is 0.667 bits per heavy atom. The lowest BCUT2D eigenvalue weighted by molar-refractivity contribution is 1.04. The van der Waals surface area contributed by atoms with Gasteiger partial charge in [-0.1, -0.05) is 36.4 Å². The summed E-state index contributed by atoms with van der Waals surface area (Å²) in [6, 6.07) is 18.0. The maximum atomic E-state index is 10.2. The van der Waals surface area contributed by atoms with Crippen LogP contribution in [-0.4, -0.2) is 15.0 Å². The fraction of sp³-hybridized carbons (Fsp3) is 0. The Morgan fingerprint density at radius 2 is 1.24 bits per heavy atom. The number of H-pyrrole nitrogens is 3. The molecule has 2 heterocycles. The first-order valence-electron chi connectivity index (χ1n) is 6.47. The topological polar surface area (TPSA) is 81.5 Å². The van der Waals surface area contributed by atoms with Gasteiger partial charge in [-0.2, -0.15) is 0 Å². The van der Waals surface area contributed by atoms with Gasteiger partial charge in [-0.3, -0.25) is 9.78 Å². The van der Waals surface area contributed by atoms with Gasteiger partial charge in [-0.25, -0.2) is 4.79 Å². The van der Waals surface area contributed by atoms with E-state index < -0.39 is 5.69 Å². The zero-order valence-electron chi connectivity index (χ0n) is 11.1. The van der Waals surface area contributed by atoms with Gasteiger partial charge in [0.05, 0.1) is 0 Å². The molecule has 0 saturated heterocycles. The van der Waals surface area contributed by atoms with E-state index in [-0.39, 0.29) is 5.56 Å². The molecule has 0 unspecified atom stereocenters. The monoisotopic (exact) mass is 279 g/mol. The van der Waals surface area contributed by atoms with Crippen LogP contribution in [0.2, 0.25) is 0 Å². The molecule has 0 aliphatic heterocycles. The minimum Gasteiger partial charge on any atom is -0.355 e. The molecular formula is C16H13N3O2. The van der Waals surface area contributed by atoms with Crippen molar-refractivity contribution in [2.24, 2.45) is 0 Å². The number of hydrogen-bond acceptors (Lipinski definition) is 2. The second kappa shape index (κ2) is 5.50. The molecule has 0 aliphatic carbocycles. The van der Waals surface area contributed by atoms with Crippen LogP contribution in [0.1, 0.15) is 0 Å². The fourth-order valence-electron chi connectivity index (χ4n) is 2.18. The first kappa shape index (κ1) is 12.9. The van der Waals surface area contributed by atoms with Crippen LogP contribution in [0.15, 0.2) is 70.4 Å². The SMILES string of the molecule is O=c1cc[nH]c(=O)[nH]1.c1ccc2c(c1)[nH]c1ccccc12. The summed E-state index contributed by atoms with van der Waals surface area (Å²) < 4.78 is 0. The Hall–Kier alpha value is -3.08. The number of fused-ring (bicyclic) bond motifs is 3. The lowest BCUT2D eigenvalue weighted by Crippen LogP contribution is -2.19. The predicted octanol–water partition coefficient (Wildman–Crippen LogP) is 2.38. The van der Waals surface area contributed by atoms with E-state index in [1.165, 1.54) is 34.1 Å². The number of para-hydroxylation sites is 2. The third kappa shape index (κ3) is 2.76. The van der Waals surface area contributed by atoms with Crippen LogP contribution in [0.4, 0.5) is 0 Å². The largest absolute Gasteiger partial charge is 0.355 e. The lowest BCUT2D eigenvalue weighted by Gasteiger charge is -1.87. The van der Waals surface area contributed by atoms with Crippen LogP contribution in [-0.2, 0) is 0 Å². The summed E-state index contributed by atoms with van der Waals surface area (Å²) >= 11 is 0. The van der Waals surface area contributed by atoms with Gasteiger partial charge in [0.15, 0.2) is 0 Å². The van der Waals surface area contributed by atoms with Gasteiger partial charge in [0, 0.05) is 34.1 Å². The Balaban J connectivity index is 0.000000143. The average Bonchev–Trinajstić information content (AvgIpc) is 2.86. The first-order valence-corrected chi connectivity index (χ1v) is 6.47. The minimum absolute atomic E-state index is 0.381. The number of nitrogens with one attached hydrogen (secondary N) is 3. The second-order valence-electron chi connectivity index (χ2n) is 4.51. The summed E-state index contributed by atoms with van der Waals surface area (Å²) in [4.78, 5) is 28.0. The van der Waals surface area contributed by atoms with E-state index in [9.17, 15) is 9.59 Å². The maximum absolute atomic E-state index is 10.2. The zero-order chi connectivity index (χ0) is 14.7. The predicted molar refractivity (Wildman–Crippen MR) is 83.5 cm³/mol. The molecule has 0 bridgehead atoms. The van der Waals surface area contributed by atoms with Gasteiger partial charge in [0.25, 0.3) is 5.56 Å². The summed E-state index contributed by atoms with van der Waals surface area (Å²) in [6.07, 6.45) is 1.29. The fourth-order valence-corrected chi connectivity index (χ4v) is 2.18. The number of benzene rings is 2. The Bertz CT molecular complexity index is 919. The molecule has 4 rings (SSSR count). The van der Waals surface area contributed by atoms with Gasteiger partial charge in [-0.15, -0.1) is 0 Å². The van der Waals surface area contributed by atoms with Crippen LogP contribution in [0.25, 0.3) is 21.8 Å². The molecule has 0 amide bonds. The normalized spacial score (nSPS) is 10.3. The van der Waals surface area contributed by atoms with E-state index in [0.717, 1.165) is 0 Å². The van der Waals surface area contributed by atoms with Gasteiger partial charge >= 0.3 is 5.69 Å². The zero-order valence-corrected chi connectivity index (χ0v) is 11.1. The third-order valence-electron chi connectivity index (χ3n) is 3.10. The molecule has 0 radical (unpaired) electrons. The smallest absolute Gasteiger partial charge is 0.325 e. The van der Waals surface area contributed by atoms with Crippen LogP contribution in [0.3, 0.4) is 0 Å². The number of hydrogen-bond donors (Lipinski definition) is 3. The van der Waals surface area contributed by atoms with Crippen molar-refractivity contribution in [2.75, 3.05) is 0 Å². The van der Waals surface area contributed by atoms with E-state index in [1.807, 2.05) is 4.98 Å². The van der Waals surface area contributed by atoms with E-state index in [2.05, 4.69) is 58.5 Å². The molecular weight excluding hydrogens is 266 g/mol. The van der Waals surface area contributed by atoms with Gasteiger partial charge < -0.3 is 9.97 Å². The number of aromatic nitrogens is 3. The van der Waals surface area contributed by atoms with Crippen molar-refractivity contribution in [1.82, 2.24) is 15.0 Å². The second-order valence-corrected chi connectivity index (χ2v) is 4.51. The van der Waals surface area contributed by atoms with Crippen LogP contribution >= 0.6 is 0 Å². The highest BCUT2D eigenvalue weighted by Gasteiger charge is 2.00. The first-order chi connectivity index (χ1) is 10.2. The van der Waals surface area contributed by atoms with Crippen molar-refractivity contribution >= 4 is 21.8 Å². The maximum Gasteiger partial charge on any atom is 0.325 e. The molecule has 2 aromatic carbocycles. The molecule has 0 saturated carbocycles. The highest BCUT2D eigenvalue weighted by atomic mass is 16.2. The van der Waals surface area contributed by atoms with Crippen LogP contribution in [0.5, 0.6) is 0 Å². The van der Waals surface area contributed by atoms with Gasteiger partial charge in [0.1, 0.15) is 0 Å². The molecule has 3 N–H and O–H groups in total. The molecule has 0 aliphatic rings. The Morgan fingerprint density at radius 3 is 1.71 bits per heavy atom. The summed E-state index contributed by atoms with van der Waals surface area (Å²) in [6.45, 7) is 0. The average molecular weight is 279 g/mol. The van der Waals surface area contributed by atoms with Crippen molar-refractivity contribution in [3.63, 3.8) is 0 Å². The molecule has 0 atom stereocenters. The number of aromatic amines is 3. The molecule has 4 aromatic rings. The van der Waals surface area contributed by atoms with Crippen molar-refractivity contribution in [3.05, 3.63) is 81.6 Å². The Labute approximate surface area is 119 Å². The standard InChI is InChI=1S/C12H9N.C4H4N2O2/c1-3-7-11-9(5-1)10-6-2-4-8-12(10)13-11;7-3-1-2-5-4(8)6-3/h1-8,13H;1-2H,(H2,5,6,7,8). The molecule has 0 fully saturated rings. The molecule has 21 heavy (non-hydrogen) atoms. The van der Waals surface area contributed by atoms with Crippen molar-refractivity contribution < 1.29 is 0 Å². The summed E-state index contributed by atoms with van der Waals surface area (Å²) in [5.74, 6) is 0. The van der Waals surface area contributed by atoms with Crippen LogP contribution in [0, 0.1) is 0 Å². The summed E-state index contributed by atoms with van der Waals surface area (Å²) in [5.41, 5.74) is 1.57. The third-order valence-corrected chi connectivity index (χ3v) is 3.10. The van der Waals surface area contributed by atoms with E-state index >= 15 is 0 Å². The van der Waals surface area contributed by atoms with E-state index in [0.29, 0.717) is 0 Å². The molecule has 2 aromatic heterocycles. The highest BCUT2D eigenvalue weighted by molar-refractivity contribution is 6.06. The quantitative estimate of drug-likeness (QED) is 0.462. The van der Waals surface area contributed by atoms with E-state index in [1.54, 1.807) is 0 Å². The number of rotatable bonds is 0. The van der Waals surface area contributed by atoms with Crippen molar-refractivity contribution in [3.8, 4) is 0 Å². The molecule has 104 valence electrons. The highest BCUT2D eigenvalue weighted by Crippen LogP contribution is 2.24. The van der Waals surface area contributed by atoms with Gasteiger partial charge in [-0.05, 0) is 12.1 Å². The summed E-state index contributed by atoms with van der Waals surface area (Å²) in [7, 11) is 0. The summed E-state index contributed by atoms with van der Waals surface area (Å²) in [5, 5.41) is 2.61. The van der Waals surface area contributed by atoms with Crippen molar-refractivity contribution in [1.29, 1.82) is 0 Å². The minimum atomic E-state index is -0.475. The molecule has 5 nitrogen and oxygen atoms in total. The lowest BCUT2D eigenvalue weighted by atomic mass is 10.2. The van der Waals surface area contributed by atoms with Crippen LogP contribution < -0.4 is 11.2 Å². The van der Waals surface area contributed by atoms with Crippen molar-refractivity contribution in [2.45, 2.75) is 0 Å². The molecule has 0 spiro atoms. The Kier molecular flexibility index (Phi) is 3.39. The van der Waals surface area contributed by atoms with Gasteiger partial charge in [0.2, 0.25) is 0 Å².